The first kappa shape index (κ1) is 11.1. The molecule has 0 atom stereocenters. The number of carbonyl (C=O) groups is 1. The fraction of sp³-hybridized carbons (Fsp3) is 0.222. The summed E-state index contributed by atoms with van der Waals surface area (Å²) in [6, 6.07) is 1.80. The molecule has 0 heterocycles. The van der Waals surface area contributed by atoms with Crippen molar-refractivity contribution in [3.8, 4) is 0 Å². The van der Waals surface area contributed by atoms with E-state index in [4.69, 9.17) is 0 Å². The van der Waals surface area contributed by atoms with Crippen LogP contribution in [0.1, 0.15) is 17.3 Å². The molecule has 0 aliphatic carbocycles. The van der Waals surface area contributed by atoms with Gasteiger partial charge in [-0.05, 0) is 35.0 Å². The summed E-state index contributed by atoms with van der Waals surface area (Å²) in [5.41, 5.74) is 0.0887. The monoisotopic (exact) mass is 263 g/mol. The summed E-state index contributed by atoms with van der Waals surface area (Å²) in [6.07, 6.45) is 0. The van der Waals surface area contributed by atoms with E-state index in [9.17, 15) is 13.6 Å². The van der Waals surface area contributed by atoms with Gasteiger partial charge in [0.1, 0.15) is 0 Å². The molecule has 1 N–H and O–H groups in total. The normalized spacial score (nSPS) is 10.0. The van der Waals surface area contributed by atoms with Crippen LogP contribution < -0.4 is 5.32 Å². The van der Waals surface area contributed by atoms with Crippen molar-refractivity contribution in [2.75, 3.05) is 6.54 Å². The second kappa shape index (κ2) is 4.50. The maximum atomic E-state index is 12.8. The largest absolute Gasteiger partial charge is 0.352 e. The zero-order valence-corrected chi connectivity index (χ0v) is 8.99. The number of amides is 1. The van der Waals surface area contributed by atoms with Crippen LogP contribution in [-0.4, -0.2) is 12.5 Å². The molecule has 0 saturated heterocycles. The summed E-state index contributed by atoms with van der Waals surface area (Å²) in [4.78, 5) is 11.3. The molecule has 5 heteroatoms. The zero-order valence-electron chi connectivity index (χ0n) is 7.40. The Labute approximate surface area is 88.4 Å². The van der Waals surface area contributed by atoms with E-state index in [2.05, 4.69) is 21.2 Å². The van der Waals surface area contributed by atoms with E-state index >= 15 is 0 Å². The van der Waals surface area contributed by atoms with Crippen LogP contribution in [0.25, 0.3) is 0 Å². The molecule has 0 aliphatic rings. The fourth-order valence-corrected chi connectivity index (χ4v) is 1.45. The third-order valence-electron chi connectivity index (χ3n) is 1.59. The van der Waals surface area contributed by atoms with Crippen LogP contribution in [0, 0.1) is 11.6 Å². The van der Waals surface area contributed by atoms with Gasteiger partial charge >= 0.3 is 0 Å². The van der Waals surface area contributed by atoms with Crippen LogP contribution in [0.4, 0.5) is 8.78 Å². The predicted octanol–water partition coefficient (Wildman–Crippen LogP) is 2.48. The lowest BCUT2D eigenvalue weighted by Gasteiger charge is -2.05. The van der Waals surface area contributed by atoms with Crippen LogP contribution >= 0.6 is 15.9 Å². The van der Waals surface area contributed by atoms with Crippen LogP contribution in [-0.2, 0) is 0 Å². The van der Waals surface area contributed by atoms with Crippen molar-refractivity contribution in [3.63, 3.8) is 0 Å². The van der Waals surface area contributed by atoms with Gasteiger partial charge in [0.25, 0.3) is 5.91 Å². The number of halogens is 3. The number of hydrogen-bond donors (Lipinski definition) is 1. The third kappa shape index (κ3) is 2.29. The molecule has 0 spiro atoms. The summed E-state index contributed by atoms with van der Waals surface area (Å²) in [5.74, 6) is -2.45. The molecule has 1 amide bonds. The van der Waals surface area contributed by atoms with E-state index in [1.54, 1.807) is 6.92 Å². The number of benzene rings is 1. The third-order valence-corrected chi connectivity index (χ3v) is 2.25. The Morgan fingerprint density at radius 1 is 1.43 bits per heavy atom. The lowest BCUT2D eigenvalue weighted by Crippen LogP contribution is -2.23. The summed E-state index contributed by atoms with van der Waals surface area (Å²) >= 11 is 2.98. The average molecular weight is 264 g/mol. The molecule has 0 unspecified atom stereocenters. The number of nitrogens with one attached hydrogen (secondary N) is 1. The zero-order chi connectivity index (χ0) is 10.7. The Balaban J connectivity index is 3.09. The lowest BCUT2D eigenvalue weighted by molar-refractivity contribution is 0.0954. The van der Waals surface area contributed by atoms with Gasteiger partial charge in [0.05, 0.1) is 5.56 Å². The van der Waals surface area contributed by atoms with Crippen molar-refractivity contribution in [3.05, 3.63) is 33.8 Å². The number of carbonyl (C=O) groups excluding carboxylic acids is 1. The van der Waals surface area contributed by atoms with Crippen molar-refractivity contribution < 1.29 is 13.6 Å². The van der Waals surface area contributed by atoms with E-state index in [-0.39, 0.29) is 10.0 Å². The van der Waals surface area contributed by atoms with Crippen LogP contribution in [0.2, 0.25) is 0 Å². The molecule has 1 rings (SSSR count). The van der Waals surface area contributed by atoms with E-state index < -0.39 is 17.5 Å². The van der Waals surface area contributed by atoms with Gasteiger partial charge in [-0.25, -0.2) is 8.78 Å². The summed E-state index contributed by atoms with van der Waals surface area (Å²) in [7, 11) is 0. The maximum Gasteiger partial charge on any atom is 0.252 e. The first-order chi connectivity index (χ1) is 6.56. The topological polar surface area (TPSA) is 29.1 Å². The quantitative estimate of drug-likeness (QED) is 0.817. The van der Waals surface area contributed by atoms with Gasteiger partial charge in [-0.1, -0.05) is 0 Å². The van der Waals surface area contributed by atoms with Crippen molar-refractivity contribution in [2.24, 2.45) is 0 Å². The van der Waals surface area contributed by atoms with Gasteiger partial charge in [-0.2, -0.15) is 0 Å². The van der Waals surface area contributed by atoms with Gasteiger partial charge in [-0.15, -0.1) is 0 Å². The first-order valence-corrected chi connectivity index (χ1v) is 4.78. The Morgan fingerprint density at radius 2 is 2.00 bits per heavy atom. The summed E-state index contributed by atoms with van der Waals surface area (Å²) < 4.78 is 25.7. The van der Waals surface area contributed by atoms with Gasteiger partial charge in [0, 0.05) is 11.0 Å². The first-order valence-electron chi connectivity index (χ1n) is 3.99. The fourth-order valence-electron chi connectivity index (χ4n) is 0.952. The second-order valence-electron chi connectivity index (χ2n) is 2.61. The predicted molar refractivity (Wildman–Crippen MR) is 52.1 cm³/mol. The molecule has 1 aromatic carbocycles. The van der Waals surface area contributed by atoms with Gasteiger partial charge < -0.3 is 5.32 Å². The summed E-state index contributed by atoms with van der Waals surface area (Å²) in [6.45, 7) is 2.18. The summed E-state index contributed by atoms with van der Waals surface area (Å²) in [5, 5.41) is 2.49. The van der Waals surface area contributed by atoms with Crippen molar-refractivity contribution in [1.82, 2.24) is 5.32 Å². The van der Waals surface area contributed by atoms with Gasteiger partial charge in [-0.3, -0.25) is 4.79 Å². The minimum absolute atomic E-state index is 0.0887. The Bertz CT molecular complexity index is 368. The van der Waals surface area contributed by atoms with Crippen LogP contribution in [0.15, 0.2) is 16.6 Å². The molecular formula is C9H8BrF2NO. The van der Waals surface area contributed by atoms with Crippen molar-refractivity contribution in [1.29, 1.82) is 0 Å². The highest BCUT2D eigenvalue weighted by molar-refractivity contribution is 9.10. The molecule has 0 saturated carbocycles. The minimum Gasteiger partial charge on any atom is -0.352 e. The highest BCUT2D eigenvalue weighted by atomic mass is 79.9. The lowest BCUT2D eigenvalue weighted by atomic mass is 10.2. The molecule has 0 aliphatic heterocycles. The average Bonchev–Trinajstić information content (AvgIpc) is 2.11. The number of hydrogen-bond acceptors (Lipinski definition) is 1. The van der Waals surface area contributed by atoms with E-state index in [1.165, 1.54) is 0 Å². The standard InChI is InChI=1S/C9H8BrF2NO/c1-2-13-9(14)5-3-7(11)8(12)4-6(5)10/h3-4H,2H2,1H3,(H,13,14). The Hall–Kier alpha value is -0.970. The van der Waals surface area contributed by atoms with Gasteiger partial charge in [0.2, 0.25) is 0 Å². The molecule has 0 aromatic heterocycles. The van der Waals surface area contributed by atoms with Crippen LogP contribution in [0.5, 0.6) is 0 Å². The van der Waals surface area contributed by atoms with Crippen molar-refractivity contribution in [2.45, 2.75) is 6.92 Å². The van der Waals surface area contributed by atoms with E-state index in [1.807, 2.05) is 0 Å². The highest BCUT2D eigenvalue weighted by Crippen LogP contribution is 2.20. The van der Waals surface area contributed by atoms with E-state index in [0.29, 0.717) is 6.54 Å². The van der Waals surface area contributed by atoms with Crippen molar-refractivity contribution >= 4 is 21.8 Å². The second-order valence-corrected chi connectivity index (χ2v) is 3.46. The Kier molecular flexibility index (Phi) is 3.57. The molecule has 1 aromatic rings. The molecule has 0 bridgehead atoms. The molecule has 0 fully saturated rings. The smallest absolute Gasteiger partial charge is 0.252 e. The van der Waals surface area contributed by atoms with Gasteiger partial charge in [0.15, 0.2) is 11.6 Å². The highest BCUT2D eigenvalue weighted by Gasteiger charge is 2.13. The molecule has 2 nitrogen and oxygen atoms in total. The molecule has 0 radical (unpaired) electrons. The minimum atomic E-state index is -1.03. The molecular weight excluding hydrogens is 256 g/mol. The molecule has 76 valence electrons. The molecule has 14 heavy (non-hydrogen) atoms. The van der Waals surface area contributed by atoms with E-state index in [0.717, 1.165) is 12.1 Å². The maximum absolute atomic E-state index is 12.8. The SMILES string of the molecule is CCNC(=O)c1cc(F)c(F)cc1Br. The number of rotatable bonds is 2. The van der Waals surface area contributed by atoms with Crippen LogP contribution in [0.3, 0.4) is 0 Å². The Morgan fingerprint density at radius 3 is 2.57 bits per heavy atom.